The number of halogens is 2. The van der Waals surface area contributed by atoms with Crippen molar-refractivity contribution in [3.63, 3.8) is 0 Å². The zero-order chi connectivity index (χ0) is 24.8. The van der Waals surface area contributed by atoms with Crippen molar-refractivity contribution in [2.45, 2.75) is 38.7 Å². The van der Waals surface area contributed by atoms with E-state index in [1.807, 2.05) is 37.3 Å². The summed E-state index contributed by atoms with van der Waals surface area (Å²) in [6.07, 6.45) is 1.71. The molecule has 9 heteroatoms. The lowest BCUT2D eigenvalue weighted by molar-refractivity contribution is -0.153. The number of nitrogens with zero attached hydrogens (tertiary/aromatic N) is 4. The molecule has 1 aromatic heterocycles. The topological polar surface area (TPSA) is 91.0 Å². The molecule has 0 unspecified atom stereocenters. The Labute approximate surface area is 201 Å². The third-order valence-electron chi connectivity index (χ3n) is 6.57. The van der Waals surface area contributed by atoms with Gasteiger partial charge in [-0.2, -0.15) is 10.4 Å². The first-order valence-electron chi connectivity index (χ1n) is 11.3. The molecule has 3 aromatic rings. The van der Waals surface area contributed by atoms with Gasteiger partial charge in [-0.3, -0.25) is 14.3 Å². The molecule has 1 saturated carbocycles. The molecule has 1 aliphatic heterocycles. The van der Waals surface area contributed by atoms with Gasteiger partial charge in [0.15, 0.2) is 0 Å². The fraction of sp³-hybridized carbons (Fsp3) is 0.308. The molecule has 2 amide bonds. The van der Waals surface area contributed by atoms with E-state index in [0.717, 1.165) is 5.56 Å². The maximum atomic E-state index is 13.4. The van der Waals surface area contributed by atoms with E-state index in [-0.39, 0.29) is 30.0 Å². The van der Waals surface area contributed by atoms with Gasteiger partial charge < -0.3 is 10.2 Å². The van der Waals surface area contributed by atoms with Crippen LogP contribution in [0.1, 0.15) is 51.7 Å². The number of fused-ring (bicyclic) bond motifs is 1. The van der Waals surface area contributed by atoms with Crippen molar-refractivity contribution in [3.8, 4) is 6.07 Å². The average Bonchev–Trinajstić information content (AvgIpc) is 3.24. The van der Waals surface area contributed by atoms with Crippen LogP contribution in [-0.2, 0) is 13.0 Å². The Kier molecular flexibility index (Phi) is 5.39. The van der Waals surface area contributed by atoms with Gasteiger partial charge in [-0.25, -0.2) is 8.78 Å². The van der Waals surface area contributed by atoms with Crippen LogP contribution in [0.2, 0.25) is 0 Å². The van der Waals surface area contributed by atoms with Gasteiger partial charge in [-0.15, -0.1) is 0 Å². The van der Waals surface area contributed by atoms with Gasteiger partial charge in [0.05, 0.1) is 29.9 Å². The number of carbonyl (C=O) groups is 2. The summed E-state index contributed by atoms with van der Waals surface area (Å²) in [7, 11) is 0. The number of rotatable bonds is 5. The van der Waals surface area contributed by atoms with Crippen molar-refractivity contribution in [2.75, 3.05) is 16.8 Å². The van der Waals surface area contributed by atoms with Crippen LogP contribution in [0.4, 0.5) is 20.2 Å². The van der Waals surface area contributed by atoms with Crippen molar-refractivity contribution in [2.24, 2.45) is 5.41 Å². The van der Waals surface area contributed by atoms with Crippen LogP contribution in [0.3, 0.4) is 0 Å². The molecule has 0 bridgehead atoms. The first-order valence-corrected chi connectivity index (χ1v) is 11.3. The normalized spacial score (nSPS) is 17.8. The quantitative estimate of drug-likeness (QED) is 0.582. The molecule has 0 radical (unpaired) electrons. The number of aromatic nitrogens is 2. The van der Waals surface area contributed by atoms with Gasteiger partial charge in [0, 0.05) is 30.8 Å². The van der Waals surface area contributed by atoms with E-state index in [1.165, 1.54) is 10.9 Å². The lowest BCUT2D eigenvalue weighted by Crippen LogP contribution is -2.45. The average molecular weight is 475 g/mol. The molecule has 1 fully saturated rings. The van der Waals surface area contributed by atoms with E-state index >= 15 is 0 Å². The summed E-state index contributed by atoms with van der Waals surface area (Å²) in [5.74, 6) is -3.40. The minimum absolute atomic E-state index is 0.109. The van der Waals surface area contributed by atoms with E-state index < -0.39 is 17.2 Å². The maximum Gasteiger partial charge on any atom is 0.277 e. The standard InChI is InChI=1S/C26H23F2N5O2/c1-25(15-26(27,28)16-25)12-17-5-7-20(8-6-17)32-9-10-33-22(24(32)35)21(14-30-33)23(34)31-19-4-2-3-18(11-19)13-29/h2-8,11,14H,9-10,12,15-16H2,1H3,(H,31,34). The summed E-state index contributed by atoms with van der Waals surface area (Å²) in [5.41, 5.74) is 2.40. The molecule has 2 heterocycles. The van der Waals surface area contributed by atoms with Crippen molar-refractivity contribution >= 4 is 23.2 Å². The third kappa shape index (κ3) is 4.39. The van der Waals surface area contributed by atoms with Crippen molar-refractivity contribution in [1.29, 1.82) is 5.26 Å². The third-order valence-corrected chi connectivity index (χ3v) is 6.57. The van der Waals surface area contributed by atoms with E-state index in [2.05, 4.69) is 10.4 Å². The van der Waals surface area contributed by atoms with Crippen molar-refractivity contribution in [3.05, 3.63) is 77.1 Å². The number of nitrogens with one attached hydrogen (secondary N) is 1. The highest BCUT2D eigenvalue weighted by Gasteiger charge is 2.53. The number of carbonyl (C=O) groups excluding carboxylic acids is 2. The molecule has 0 saturated heterocycles. The molecule has 1 aliphatic carbocycles. The first-order chi connectivity index (χ1) is 16.7. The number of benzene rings is 2. The van der Waals surface area contributed by atoms with Crippen molar-refractivity contribution < 1.29 is 18.4 Å². The lowest BCUT2D eigenvalue weighted by atomic mass is 9.64. The van der Waals surface area contributed by atoms with Crippen LogP contribution in [0.15, 0.2) is 54.7 Å². The first kappa shape index (κ1) is 22.7. The minimum atomic E-state index is -2.57. The fourth-order valence-electron chi connectivity index (χ4n) is 5.09. The number of hydrogen-bond acceptors (Lipinski definition) is 4. The van der Waals surface area contributed by atoms with Crippen LogP contribution < -0.4 is 10.2 Å². The summed E-state index contributed by atoms with van der Waals surface area (Å²) in [5, 5.41) is 16.0. The molecule has 2 aromatic carbocycles. The highest BCUT2D eigenvalue weighted by Crippen LogP contribution is 2.53. The minimum Gasteiger partial charge on any atom is -0.322 e. The number of alkyl halides is 2. The lowest BCUT2D eigenvalue weighted by Gasteiger charge is -2.45. The van der Waals surface area contributed by atoms with E-state index in [4.69, 9.17) is 5.26 Å². The Bertz CT molecular complexity index is 1350. The second-order valence-corrected chi connectivity index (χ2v) is 9.60. The second kappa shape index (κ2) is 8.31. The molecule has 0 atom stereocenters. The molecule has 178 valence electrons. The second-order valence-electron chi connectivity index (χ2n) is 9.60. The molecule has 35 heavy (non-hydrogen) atoms. The van der Waals surface area contributed by atoms with Crippen LogP contribution in [0, 0.1) is 16.7 Å². The van der Waals surface area contributed by atoms with Crippen LogP contribution in [-0.4, -0.2) is 34.1 Å². The van der Waals surface area contributed by atoms with Gasteiger partial charge in [-0.1, -0.05) is 25.1 Å². The van der Waals surface area contributed by atoms with Gasteiger partial charge >= 0.3 is 0 Å². The molecule has 7 nitrogen and oxygen atoms in total. The predicted octanol–water partition coefficient (Wildman–Crippen LogP) is 4.65. The van der Waals surface area contributed by atoms with Crippen LogP contribution in [0.5, 0.6) is 0 Å². The highest BCUT2D eigenvalue weighted by molar-refractivity contribution is 6.15. The number of amides is 2. The molecule has 2 aliphatic rings. The molecule has 5 rings (SSSR count). The maximum absolute atomic E-state index is 13.4. The molecular formula is C26H23F2N5O2. The summed E-state index contributed by atoms with van der Waals surface area (Å²) in [6, 6.07) is 15.9. The fourth-order valence-corrected chi connectivity index (χ4v) is 5.09. The Morgan fingerprint density at radius 3 is 2.60 bits per heavy atom. The summed E-state index contributed by atoms with van der Waals surface area (Å²) < 4.78 is 28.2. The van der Waals surface area contributed by atoms with Gasteiger partial charge in [-0.05, 0) is 47.7 Å². The largest absolute Gasteiger partial charge is 0.322 e. The SMILES string of the molecule is CC1(Cc2ccc(N3CCn4ncc(C(=O)Nc5cccc(C#N)c5)c4C3=O)cc2)CC(F)(F)C1. The van der Waals surface area contributed by atoms with Gasteiger partial charge in [0.1, 0.15) is 5.69 Å². The number of anilines is 2. The summed E-state index contributed by atoms with van der Waals surface area (Å²) in [4.78, 5) is 27.9. The zero-order valence-corrected chi connectivity index (χ0v) is 19.1. The van der Waals surface area contributed by atoms with E-state index in [0.29, 0.717) is 36.4 Å². The van der Waals surface area contributed by atoms with Crippen LogP contribution >= 0.6 is 0 Å². The van der Waals surface area contributed by atoms with Crippen molar-refractivity contribution in [1.82, 2.24) is 9.78 Å². The Hall–Kier alpha value is -4.06. The zero-order valence-electron chi connectivity index (χ0n) is 19.1. The summed E-state index contributed by atoms with van der Waals surface area (Å²) in [6.45, 7) is 2.69. The summed E-state index contributed by atoms with van der Waals surface area (Å²) >= 11 is 0. The number of hydrogen-bond donors (Lipinski definition) is 1. The molecular weight excluding hydrogens is 452 g/mol. The Morgan fingerprint density at radius 2 is 1.91 bits per heavy atom. The Morgan fingerprint density at radius 1 is 1.17 bits per heavy atom. The predicted molar refractivity (Wildman–Crippen MR) is 125 cm³/mol. The molecule has 0 spiro atoms. The van der Waals surface area contributed by atoms with E-state index in [9.17, 15) is 18.4 Å². The number of nitriles is 1. The highest BCUT2D eigenvalue weighted by atomic mass is 19.3. The van der Waals surface area contributed by atoms with Crippen LogP contribution in [0.25, 0.3) is 0 Å². The Balaban J connectivity index is 1.32. The molecule has 1 N–H and O–H groups in total. The van der Waals surface area contributed by atoms with Gasteiger partial charge in [0.2, 0.25) is 5.92 Å². The monoisotopic (exact) mass is 475 g/mol. The van der Waals surface area contributed by atoms with Gasteiger partial charge in [0.25, 0.3) is 11.8 Å². The smallest absolute Gasteiger partial charge is 0.277 e. The van der Waals surface area contributed by atoms with E-state index in [1.54, 1.807) is 29.2 Å².